The molecule has 0 spiro atoms. The topological polar surface area (TPSA) is 74.5 Å². The van der Waals surface area contributed by atoms with Crippen molar-refractivity contribution < 1.29 is 18.8 Å². The molecule has 0 radical (unpaired) electrons. The highest BCUT2D eigenvalue weighted by molar-refractivity contribution is 5.92. The summed E-state index contributed by atoms with van der Waals surface area (Å²) in [5.74, 6) is 0.639. The molecule has 6 heteroatoms. The smallest absolute Gasteiger partial charge is 0.342 e. The van der Waals surface area contributed by atoms with Gasteiger partial charge < -0.3 is 14.0 Å². The monoisotopic (exact) mass is 324 g/mol. The van der Waals surface area contributed by atoms with Crippen molar-refractivity contribution in [2.24, 2.45) is 0 Å². The lowest BCUT2D eigenvalue weighted by Crippen LogP contribution is -2.07. The maximum Gasteiger partial charge on any atom is 0.342 e. The van der Waals surface area contributed by atoms with Gasteiger partial charge in [0.1, 0.15) is 11.3 Å². The summed E-state index contributed by atoms with van der Waals surface area (Å²) >= 11 is 0. The van der Waals surface area contributed by atoms with Gasteiger partial charge in [-0.25, -0.2) is 4.79 Å². The summed E-state index contributed by atoms with van der Waals surface area (Å²) in [5.41, 5.74) is 2.13. The number of aromatic nitrogens is 2. The Hall–Kier alpha value is -3.15. The van der Waals surface area contributed by atoms with Crippen molar-refractivity contribution in [3.05, 3.63) is 65.5 Å². The summed E-state index contributed by atoms with van der Waals surface area (Å²) in [4.78, 5) is 16.5. The first-order valence-electron chi connectivity index (χ1n) is 7.37. The summed E-state index contributed by atoms with van der Waals surface area (Å²) in [6, 6.07) is 14.7. The van der Waals surface area contributed by atoms with Gasteiger partial charge >= 0.3 is 5.97 Å². The third-order valence-electron chi connectivity index (χ3n) is 3.40. The number of nitrogens with zero attached hydrogens (tertiary/aromatic N) is 2. The average Bonchev–Trinajstić information content (AvgIpc) is 3.09. The molecule has 1 aromatic heterocycles. The van der Waals surface area contributed by atoms with Gasteiger partial charge in [0.2, 0.25) is 5.82 Å². The fourth-order valence-corrected chi connectivity index (χ4v) is 2.20. The van der Waals surface area contributed by atoms with E-state index < -0.39 is 5.97 Å². The Morgan fingerprint density at radius 1 is 1.17 bits per heavy atom. The summed E-state index contributed by atoms with van der Waals surface area (Å²) in [5, 5.41) is 3.88. The van der Waals surface area contributed by atoms with Gasteiger partial charge in [0.15, 0.2) is 6.61 Å². The molecule has 0 bridgehead atoms. The number of carbonyl (C=O) groups excluding carboxylic acids is 1. The van der Waals surface area contributed by atoms with Crippen LogP contribution in [0.4, 0.5) is 0 Å². The van der Waals surface area contributed by atoms with Crippen molar-refractivity contribution in [2.45, 2.75) is 13.5 Å². The maximum absolute atomic E-state index is 12.2. The molecule has 0 aliphatic heterocycles. The normalized spacial score (nSPS) is 10.4. The van der Waals surface area contributed by atoms with E-state index in [1.807, 2.05) is 43.3 Å². The van der Waals surface area contributed by atoms with Gasteiger partial charge in [0.05, 0.1) is 7.11 Å². The van der Waals surface area contributed by atoms with Crippen LogP contribution in [0.2, 0.25) is 0 Å². The van der Waals surface area contributed by atoms with Crippen LogP contribution in [0, 0.1) is 6.92 Å². The van der Waals surface area contributed by atoms with Crippen molar-refractivity contribution in [3.8, 4) is 17.1 Å². The fraction of sp³-hybridized carbons (Fsp3) is 0.167. The molecule has 3 aromatic rings. The van der Waals surface area contributed by atoms with Crippen LogP contribution in [0.5, 0.6) is 5.75 Å². The van der Waals surface area contributed by atoms with E-state index >= 15 is 0 Å². The molecular formula is C18H16N2O4. The van der Waals surface area contributed by atoms with Gasteiger partial charge in [-0.05, 0) is 19.1 Å². The lowest BCUT2D eigenvalue weighted by molar-refractivity contribution is 0.0426. The predicted octanol–water partition coefficient (Wildman–Crippen LogP) is 3.41. The number of ether oxygens (including phenoxy) is 2. The second kappa shape index (κ2) is 6.95. The number of aryl methyl sites for hydroxylation is 1. The number of esters is 1. The van der Waals surface area contributed by atoms with E-state index in [9.17, 15) is 4.79 Å². The van der Waals surface area contributed by atoms with Gasteiger partial charge in [-0.15, -0.1) is 0 Å². The zero-order chi connectivity index (χ0) is 16.9. The van der Waals surface area contributed by atoms with Crippen LogP contribution in [0.15, 0.2) is 53.1 Å². The molecule has 1 heterocycles. The third kappa shape index (κ3) is 3.43. The highest BCUT2D eigenvalue weighted by Crippen LogP contribution is 2.21. The zero-order valence-corrected chi connectivity index (χ0v) is 13.4. The fourth-order valence-electron chi connectivity index (χ4n) is 2.20. The van der Waals surface area contributed by atoms with Crippen LogP contribution in [0.1, 0.15) is 21.8 Å². The average molecular weight is 324 g/mol. The minimum absolute atomic E-state index is 0.101. The van der Waals surface area contributed by atoms with E-state index in [0.29, 0.717) is 17.1 Å². The molecule has 0 aliphatic rings. The predicted molar refractivity (Wildman–Crippen MR) is 86.6 cm³/mol. The Morgan fingerprint density at radius 3 is 2.71 bits per heavy atom. The molecule has 6 nitrogen and oxygen atoms in total. The summed E-state index contributed by atoms with van der Waals surface area (Å²) in [6.45, 7) is 1.79. The van der Waals surface area contributed by atoms with E-state index in [1.54, 1.807) is 12.1 Å². The maximum atomic E-state index is 12.2. The van der Waals surface area contributed by atoms with E-state index in [4.69, 9.17) is 14.0 Å². The van der Waals surface area contributed by atoms with Crippen LogP contribution in [0.3, 0.4) is 0 Å². The second-order valence-corrected chi connectivity index (χ2v) is 5.16. The lowest BCUT2D eigenvalue weighted by atomic mass is 10.1. The van der Waals surface area contributed by atoms with Crippen LogP contribution in [-0.2, 0) is 11.3 Å². The third-order valence-corrected chi connectivity index (χ3v) is 3.40. The Balaban J connectivity index is 1.69. The van der Waals surface area contributed by atoms with Crippen molar-refractivity contribution >= 4 is 5.97 Å². The Labute approximate surface area is 139 Å². The van der Waals surface area contributed by atoms with E-state index in [-0.39, 0.29) is 12.5 Å². The first kappa shape index (κ1) is 15.7. The molecule has 24 heavy (non-hydrogen) atoms. The molecule has 0 saturated carbocycles. The van der Waals surface area contributed by atoms with Gasteiger partial charge in [-0.2, -0.15) is 4.98 Å². The molecule has 0 unspecified atom stereocenters. The first-order valence-corrected chi connectivity index (χ1v) is 7.37. The number of rotatable bonds is 5. The highest BCUT2D eigenvalue weighted by Gasteiger charge is 2.16. The Kier molecular flexibility index (Phi) is 4.56. The number of methoxy groups -OCH3 is 1. The molecular weight excluding hydrogens is 308 g/mol. The standard InChI is InChI=1S/C18H16N2O4/c1-12-8-9-15(22-2)14(10-12)18(21)23-11-16-19-17(20-24-16)13-6-4-3-5-7-13/h3-10H,11H2,1-2H3. The SMILES string of the molecule is COc1ccc(C)cc1C(=O)OCc1nc(-c2ccccc2)no1. The van der Waals surface area contributed by atoms with Crippen molar-refractivity contribution in [1.82, 2.24) is 10.1 Å². The van der Waals surface area contributed by atoms with Gasteiger partial charge in [-0.1, -0.05) is 47.1 Å². The van der Waals surface area contributed by atoms with E-state index in [2.05, 4.69) is 10.1 Å². The van der Waals surface area contributed by atoms with Gasteiger partial charge in [0.25, 0.3) is 5.89 Å². The number of carbonyl (C=O) groups is 1. The molecule has 0 N–H and O–H groups in total. The molecule has 0 fully saturated rings. The van der Waals surface area contributed by atoms with Crippen LogP contribution < -0.4 is 4.74 Å². The molecule has 0 aliphatic carbocycles. The number of hydrogen-bond donors (Lipinski definition) is 0. The second-order valence-electron chi connectivity index (χ2n) is 5.16. The van der Waals surface area contributed by atoms with E-state index in [0.717, 1.165) is 11.1 Å². The number of hydrogen-bond acceptors (Lipinski definition) is 6. The molecule has 0 saturated heterocycles. The van der Waals surface area contributed by atoms with Gasteiger partial charge in [0, 0.05) is 5.56 Å². The minimum Gasteiger partial charge on any atom is -0.496 e. The molecule has 122 valence electrons. The molecule has 2 aromatic carbocycles. The van der Waals surface area contributed by atoms with Crippen LogP contribution in [0.25, 0.3) is 11.4 Å². The lowest BCUT2D eigenvalue weighted by Gasteiger charge is -2.08. The first-order chi connectivity index (χ1) is 11.7. The largest absolute Gasteiger partial charge is 0.496 e. The molecule has 0 amide bonds. The van der Waals surface area contributed by atoms with Crippen LogP contribution in [-0.4, -0.2) is 23.2 Å². The minimum atomic E-state index is -0.505. The summed E-state index contributed by atoms with van der Waals surface area (Å²) in [7, 11) is 1.51. The van der Waals surface area contributed by atoms with Crippen LogP contribution >= 0.6 is 0 Å². The zero-order valence-electron chi connectivity index (χ0n) is 13.4. The van der Waals surface area contributed by atoms with Gasteiger partial charge in [-0.3, -0.25) is 0 Å². The van der Waals surface area contributed by atoms with Crippen molar-refractivity contribution in [2.75, 3.05) is 7.11 Å². The number of benzene rings is 2. The Morgan fingerprint density at radius 2 is 1.96 bits per heavy atom. The summed E-state index contributed by atoms with van der Waals surface area (Å²) in [6.07, 6.45) is 0. The van der Waals surface area contributed by atoms with E-state index in [1.165, 1.54) is 7.11 Å². The molecule has 3 rings (SSSR count). The Bertz CT molecular complexity index is 843. The van der Waals surface area contributed by atoms with Crippen molar-refractivity contribution in [1.29, 1.82) is 0 Å². The highest BCUT2D eigenvalue weighted by atomic mass is 16.6. The van der Waals surface area contributed by atoms with Crippen molar-refractivity contribution in [3.63, 3.8) is 0 Å². The molecule has 0 atom stereocenters. The summed E-state index contributed by atoms with van der Waals surface area (Å²) < 4.78 is 15.5. The quantitative estimate of drug-likeness (QED) is 0.670.